The van der Waals surface area contributed by atoms with Crippen LogP contribution in [-0.2, 0) is 26.1 Å². The molecule has 0 saturated carbocycles. The Bertz CT molecular complexity index is 854. The van der Waals surface area contributed by atoms with Crippen molar-refractivity contribution in [3.63, 3.8) is 0 Å². The molecule has 9 nitrogen and oxygen atoms in total. The number of rotatable bonds is 7. The zero-order chi connectivity index (χ0) is 17.8. The molecule has 2 N–H and O–H groups in total. The van der Waals surface area contributed by atoms with Crippen molar-refractivity contribution in [1.29, 1.82) is 0 Å². The summed E-state index contributed by atoms with van der Waals surface area (Å²) in [6.07, 6.45) is 3.46. The van der Waals surface area contributed by atoms with Crippen LogP contribution in [0.2, 0.25) is 0 Å². The number of aromatic nitrogens is 6. The largest absolute Gasteiger partial charge is 0.497 e. The topological polar surface area (TPSA) is 94.7 Å². The Kier molecular flexibility index (Phi) is 4.78. The number of aryl methyl sites for hydroxylation is 2. The molecule has 4 rings (SSSR count). The molecule has 0 unspecified atom stereocenters. The minimum Gasteiger partial charge on any atom is -0.497 e. The van der Waals surface area contributed by atoms with Crippen LogP contribution >= 0.6 is 0 Å². The lowest BCUT2D eigenvalue weighted by Gasteiger charge is -2.16. The van der Waals surface area contributed by atoms with Crippen molar-refractivity contribution in [1.82, 2.24) is 35.1 Å². The van der Waals surface area contributed by atoms with Crippen LogP contribution in [0.4, 0.5) is 5.82 Å². The highest BCUT2D eigenvalue weighted by molar-refractivity contribution is 5.42. The zero-order valence-corrected chi connectivity index (χ0v) is 14.7. The molecule has 1 aromatic carbocycles. The SMILES string of the molecule is COc1ccc(Cc2nnn(CCCn3cnc4c3CNCN4)n2)cc1. The van der Waals surface area contributed by atoms with E-state index in [4.69, 9.17) is 4.74 Å². The Morgan fingerprint density at radius 3 is 2.92 bits per heavy atom. The molecule has 9 heteroatoms. The summed E-state index contributed by atoms with van der Waals surface area (Å²) < 4.78 is 7.34. The van der Waals surface area contributed by atoms with Gasteiger partial charge in [-0.2, -0.15) is 4.80 Å². The van der Waals surface area contributed by atoms with E-state index in [0.717, 1.165) is 55.7 Å². The van der Waals surface area contributed by atoms with Crippen LogP contribution in [-0.4, -0.2) is 43.5 Å². The van der Waals surface area contributed by atoms with Crippen molar-refractivity contribution >= 4 is 5.82 Å². The molecule has 2 aromatic heterocycles. The van der Waals surface area contributed by atoms with Gasteiger partial charge in [-0.1, -0.05) is 12.1 Å². The molecule has 0 spiro atoms. The number of ether oxygens (including phenoxy) is 1. The van der Waals surface area contributed by atoms with Gasteiger partial charge in [-0.3, -0.25) is 5.32 Å². The third-order valence-electron chi connectivity index (χ3n) is 4.39. The Morgan fingerprint density at radius 1 is 1.19 bits per heavy atom. The highest BCUT2D eigenvalue weighted by atomic mass is 16.5. The van der Waals surface area contributed by atoms with Gasteiger partial charge in [0.25, 0.3) is 0 Å². The molecular weight excluding hydrogens is 332 g/mol. The summed E-state index contributed by atoms with van der Waals surface area (Å²) in [5.74, 6) is 2.55. The van der Waals surface area contributed by atoms with Crippen LogP contribution in [0.25, 0.3) is 0 Å². The number of nitrogens with zero attached hydrogens (tertiary/aromatic N) is 6. The Balaban J connectivity index is 1.30. The maximum atomic E-state index is 5.17. The van der Waals surface area contributed by atoms with Gasteiger partial charge in [0.2, 0.25) is 0 Å². The van der Waals surface area contributed by atoms with Crippen LogP contribution in [0.15, 0.2) is 30.6 Å². The van der Waals surface area contributed by atoms with Gasteiger partial charge in [0.1, 0.15) is 11.6 Å². The number of tetrazole rings is 1. The summed E-state index contributed by atoms with van der Waals surface area (Å²) in [5, 5.41) is 19.3. The maximum Gasteiger partial charge on any atom is 0.179 e. The molecule has 0 bridgehead atoms. The lowest BCUT2D eigenvalue weighted by atomic mass is 10.1. The summed E-state index contributed by atoms with van der Waals surface area (Å²) in [4.78, 5) is 6.06. The molecule has 0 aliphatic carbocycles. The Hall–Kier alpha value is -2.94. The van der Waals surface area contributed by atoms with E-state index in [9.17, 15) is 0 Å². The number of fused-ring (bicyclic) bond motifs is 1. The van der Waals surface area contributed by atoms with Gasteiger partial charge in [0.05, 0.1) is 32.3 Å². The monoisotopic (exact) mass is 354 g/mol. The molecule has 3 aromatic rings. The van der Waals surface area contributed by atoms with Crippen molar-refractivity contribution in [2.45, 2.75) is 32.5 Å². The summed E-state index contributed by atoms with van der Waals surface area (Å²) in [7, 11) is 1.66. The standard InChI is InChI=1S/C17H22N8O/c1-26-14-5-3-13(4-6-14)9-16-21-23-25(22-16)8-2-7-24-12-20-17-15(24)10-18-11-19-17/h3-6,12,18-19H,2,7-11H2,1H3. The number of hydrogen-bond donors (Lipinski definition) is 2. The first-order valence-electron chi connectivity index (χ1n) is 8.70. The quantitative estimate of drug-likeness (QED) is 0.654. The van der Waals surface area contributed by atoms with Gasteiger partial charge >= 0.3 is 0 Å². The number of anilines is 1. The van der Waals surface area contributed by atoms with Crippen molar-refractivity contribution < 1.29 is 4.74 Å². The fourth-order valence-electron chi connectivity index (χ4n) is 3.01. The van der Waals surface area contributed by atoms with Crippen LogP contribution in [0.3, 0.4) is 0 Å². The van der Waals surface area contributed by atoms with Crippen molar-refractivity contribution in [3.8, 4) is 5.75 Å². The van der Waals surface area contributed by atoms with Crippen LogP contribution in [0, 0.1) is 0 Å². The first kappa shape index (κ1) is 16.5. The maximum absolute atomic E-state index is 5.17. The van der Waals surface area contributed by atoms with Gasteiger partial charge in [-0.05, 0) is 29.3 Å². The number of benzene rings is 1. The molecule has 0 amide bonds. The second-order valence-corrected chi connectivity index (χ2v) is 6.19. The van der Waals surface area contributed by atoms with Crippen molar-refractivity contribution in [2.24, 2.45) is 0 Å². The summed E-state index contributed by atoms with van der Waals surface area (Å²) in [6, 6.07) is 7.91. The number of hydrogen-bond acceptors (Lipinski definition) is 7. The number of methoxy groups -OCH3 is 1. The lowest BCUT2D eigenvalue weighted by Crippen LogP contribution is -2.28. The van der Waals surface area contributed by atoms with Crippen LogP contribution < -0.4 is 15.4 Å². The molecule has 3 heterocycles. The fraction of sp³-hybridized carbons (Fsp3) is 0.412. The molecule has 0 radical (unpaired) electrons. The van der Waals surface area contributed by atoms with E-state index < -0.39 is 0 Å². The number of imidazole rings is 1. The summed E-state index contributed by atoms with van der Waals surface area (Å²) >= 11 is 0. The normalized spacial score (nSPS) is 13.3. The lowest BCUT2D eigenvalue weighted by molar-refractivity contribution is 0.414. The van der Waals surface area contributed by atoms with Crippen LogP contribution in [0.1, 0.15) is 23.5 Å². The predicted molar refractivity (Wildman–Crippen MR) is 95.8 cm³/mol. The van der Waals surface area contributed by atoms with E-state index in [0.29, 0.717) is 6.42 Å². The second-order valence-electron chi connectivity index (χ2n) is 6.19. The minimum atomic E-state index is 0.663. The van der Waals surface area contributed by atoms with Gasteiger partial charge in [-0.15, -0.1) is 10.2 Å². The number of nitrogens with one attached hydrogen (secondary N) is 2. The third kappa shape index (κ3) is 3.67. The van der Waals surface area contributed by atoms with E-state index in [1.807, 2.05) is 30.6 Å². The molecular formula is C17H22N8O. The average molecular weight is 354 g/mol. The first-order chi connectivity index (χ1) is 12.8. The predicted octanol–water partition coefficient (Wildman–Crippen LogP) is 1.03. The third-order valence-corrected chi connectivity index (χ3v) is 4.39. The smallest absolute Gasteiger partial charge is 0.179 e. The Labute approximate surface area is 151 Å². The van der Waals surface area contributed by atoms with E-state index in [1.165, 1.54) is 5.69 Å². The van der Waals surface area contributed by atoms with E-state index >= 15 is 0 Å². The fourth-order valence-corrected chi connectivity index (χ4v) is 3.01. The van der Waals surface area contributed by atoms with Gasteiger partial charge in [0.15, 0.2) is 5.82 Å². The summed E-state index contributed by atoms with van der Waals surface area (Å²) in [5.41, 5.74) is 2.33. The highest BCUT2D eigenvalue weighted by Crippen LogP contribution is 2.16. The molecule has 26 heavy (non-hydrogen) atoms. The summed E-state index contributed by atoms with van der Waals surface area (Å²) in [6.45, 7) is 3.21. The van der Waals surface area contributed by atoms with Crippen molar-refractivity contribution in [2.75, 3.05) is 19.1 Å². The van der Waals surface area contributed by atoms with Gasteiger partial charge < -0.3 is 14.6 Å². The molecule has 136 valence electrons. The Morgan fingerprint density at radius 2 is 2.08 bits per heavy atom. The molecule has 0 atom stereocenters. The van der Waals surface area contributed by atoms with Crippen LogP contribution in [0.5, 0.6) is 5.75 Å². The van der Waals surface area contributed by atoms with E-state index in [1.54, 1.807) is 11.9 Å². The molecule has 1 aliphatic heterocycles. The first-order valence-corrected chi connectivity index (χ1v) is 8.70. The molecule has 1 aliphatic rings. The van der Waals surface area contributed by atoms with Crippen molar-refractivity contribution in [3.05, 3.63) is 47.7 Å². The van der Waals surface area contributed by atoms with Gasteiger partial charge in [-0.25, -0.2) is 4.98 Å². The second kappa shape index (κ2) is 7.52. The van der Waals surface area contributed by atoms with E-state index in [2.05, 4.69) is 35.6 Å². The van der Waals surface area contributed by atoms with Gasteiger partial charge in [0, 0.05) is 19.5 Å². The van der Waals surface area contributed by atoms with E-state index in [-0.39, 0.29) is 0 Å². The molecule has 0 fully saturated rings. The average Bonchev–Trinajstić information content (AvgIpc) is 3.30. The highest BCUT2D eigenvalue weighted by Gasteiger charge is 2.14. The molecule has 0 saturated heterocycles. The zero-order valence-electron chi connectivity index (χ0n) is 14.7. The minimum absolute atomic E-state index is 0.663.